The molecule has 0 radical (unpaired) electrons. The Balaban J connectivity index is 1.95. The maximum atomic E-state index is 13.5. The van der Waals surface area contributed by atoms with Gasteiger partial charge in [0, 0.05) is 11.1 Å². The van der Waals surface area contributed by atoms with Crippen LogP contribution in [0.3, 0.4) is 0 Å². The highest BCUT2D eigenvalue weighted by atomic mass is 19.3. The van der Waals surface area contributed by atoms with Crippen LogP contribution < -0.4 is 4.74 Å². The normalized spacial score (nSPS) is 10.9. The van der Waals surface area contributed by atoms with Gasteiger partial charge in [0.2, 0.25) is 0 Å². The number of hydrogen-bond acceptors (Lipinski definition) is 2. The Morgan fingerprint density at radius 1 is 0.800 bits per heavy atom. The van der Waals surface area contributed by atoms with E-state index < -0.39 is 6.43 Å². The highest BCUT2D eigenvalue weighted by Crippen LogP contribution is 2.37. The van der Waals surface area contributed by atoms with E-state index in [0.29, 0.717) is 29.0 Å². The molecule has 25 heavy (non-hydrogen) atoms. The highest BCUT2D eigenvalue weighted by molar-refractivity contribution is 5.74. The summed E-state index contributed by atoms with van der Waals surface area (Å²) >= 11 is 0. The minimum Gasteiger partial charge on any atom is -0.488 e. The van der Waals surface area contributed by atoms with Crippen LogP contribution in [0.1, 0.15) is 23.1 Å². The number of para-hydroxylation sites is 1. The Kier molecular flexibility index (Phi) is 5.41. The zero-order chi connectivity index (χ0) is 17.6. The number of aliphatic hydroxyl groups excluding tert-OH is 1. The predicted octanol–water partition coefficient (Wildman–Crippen LogP) is 5.36. The predicted molar refractivity (Wildman–Crippen MR) is 93.5 cm³/mol. The van der Waals surface area contributed by atoms with E-state index in [0.717, 1.165) is 5.56 Å². The van der Waals surface area contributed by atoms with Crippen LogP contribution in [0.4, 0.5) is 8.78 Å². The van der Waals surface area contributed by atoms with Crippen LogP contribution in [0.5, 0.6) is 5.75 Å². The monoisotopic (exact) mass is 340 g/mol. The molecule has 0 aromatic heterocycles. The molecule has 0 spiro atoms. The van der Waals surface area contributed by atoms with Crippen LogP contribution in [0.2, 0.25) is 0 Å². The average Bonchev–Trinajstić information content (AvgIpc) is 2.67. The number of ether oxygens (including phenoxy) is 1. The van der Waals surface area contributed by atoms with Gasteiger partial charge in [-0.1, -0.05) is 60.7 Å². The first-order chi connectivity index (χ1) is 12.2. The molecule has 4 heteroatoms. The van der Waals surface area contributed by atoms with E-state index in [1.807, 2.05) is 36.4 Å². The molecule has 128 valence electrons. The van der Waals surface area contributed by atoms with Crippen molar-refractivity contribution in [2.24, 2.45) is 0 Å². The quantitative estimate of drug-likeness (QED) is 0.654. The Morgan fingerprint density at radius 2 is 1.52 bits per heavy atom. The van der Waals surface area contributed by atoms with Gasteiger partial charge in [-0.2, -0.15) is 0 Å². The van der Waals surface area contributed by atoms with E-state index in [9.17, 15) is 13.9 Å². The molecular weight excluding hydrogens is 322 g/mol. The molecule has 0 heterocycles. The Morgan fingerprint density at radius 3 is 2.24 bits per heavy atom. The number of halogens is 2. The largest absolute Gasteiger partial charge is 0.488 e. The third-order valence-electron chi connectivity index (χ3n) is 3.95. The summed E-state index contributed by atoms with van der Waals surface area (Å²) in [6.45, 7) is 0.0861. The lowest BCUT2D eigenvalue weighted by Gasteiger charge is -2.15. The first-order valence-electron chi connectivity index (χ1n) is 7.97. The van der Waals surface area contributed by atoms with Crippen molar-refractivity contribution in [3.8, 4) is 16.9 Å². The van der Waals surface area contributed by atoms with Crippen LogP contribution in [-0.4, -0.2) is 5.11 Å². The van der Waals surface area contributed by atoms with E-state index in [4.69, 9.17) is 4.74 Å². The molecule has 3 aromatic carbocycles. The molecule has 0 aliphatic heterocycles. The van der Waals surface area contributed by atoms with Crippen LogP contribution in [0, 0.1) is 0 Å². The number of benzene rings is 3. The second-order valence-electron chi connectivity index (χ2n) is 5.65. The second-order valence-corrected chi connectivity index (χ2v) is 5.65. The van der Waals surface area contributed by atoms with Gasteiger partial charge in [0.1, 0.15) is 12.4 Å². The molecule has 3 rings (SSSR count). The van der Waals surface area contributed by atoms with Crippen molar-refractivity contribution in [2.75, 3.05) is 0 Å². The lowest BCUT2D eigenvalue weighted by atomic mass is 9.97. The lowest BCUT2D eigenvalue weighted by molar-refractivity contribution is 0.151. The molecule has 1 N–H and O–H groups in total. The Labute approximate surface area is 145 Å². The molecular formula is C21H18F2O2. The first-order valence-corrected chi connectivity index (χ1v) is 7.97. The van der Waals surface area contributed by atoms with Gasteiger partial charge < -0.3 is 9.84 Å². The van der Waals surface area contributed by atoms with Crippen LogP contribution in [0.15, 0.2) is 72.8 Å². The summed E-state index contributed by atoms with van der Waals surface area (Å²) in [4.78, 5) is 0. The zero-order valence-corrected chi connectivity index (χ0v) is 13.5. The van der Waals surface area contributed by atoms with Crippen LogP contribution >= 0.6 is 0 Å². The topological polar surface area (TPSA) is 29.5 Å². The molecule has 2 nitrogen and oxygen atoms in total. The summed E-state index contributed by atoms with van der Waals surface area (Å²) in [5, 5.41) is 9.20. The highest BCUT2D eigenvalue weighted by Gasteiger charge is 2.17. The average molecular weight is 340 g/mol. The molecule has 0 amide bonds. The summed E-state index contributed by atoms with van der Waals surface area (Å²) in [5.74, 6) is 0.546. The number of alkyl halides is 2. The van der Waals surface area contributed by atoms with E-state index in [-0.39, 0.29) is 12.2 Å². The fourth-order valence-corrected chi connectivity index (χ4v) is 2.69. The molecule has 0 saturated heterocycles. The number of aliphatic hydroxyl groups is 1. The summed E-state index contributed by atoms with van der Waals surface area (Å²) in [5.41, 5.74) is 2.38. The minimum absolute atomic E-state index is 0.109. The molecule has 0 saturated carbocycles. The standard InChI is InChI=1S/C21H18F2O2/c22-21(23)19-12-16(13-24)10-11-17(19)18-8-4-5-9-20(18)25-14-15-6-2-1-3-7-15/h1-12,21,24H,13-14H2. The summed E-state index contributed by atoms with van der Waals surface area (Å²) < 4.78 is 32.9. The van der Waals surface area contributed by atoms with E-state index >= 15 is 0 Å². The number of hydrogen-bond donors (Lipinski definition) is 1. The molecule has 3 aromatic rings. The molecule has 0 atom stereocenters. The van der Waals surface area contributed by atoms with Gasteiger partial charge in [-0.05, 0) is 28.8 Å². The fraction of sp³-hybridized carbons (Fsp3) is 0.143. The van der Waals surface area contributed by atoms with Gasteiger partial charge in [-0.3, -0.25) is 0 Å². The fourth-order valence-electron chi connectivity index (χ4n) is 2.69. The van der Waals surface area contributed by atoms with Crippen molar-refractivity contribution in [1.29, 1.82) is 0 Å². The number of rotatable bonds is 6. The maximum absolute atomic E-state index is 13.5. The van der Waals surface area contributed by atoms with Crippen molar-refractivity contribution in [3.05, 3.63) is 89.5 Å². The van der Waals surface area contributed by atoms with Gasteiger partial charge in [-0.25, -0.2) is 8.78 Å². The van der Waals surface area contributed by atoms with Crippen molar-refractivity contribution < 1.29 is 18.6 Å². The van der Waals surface area contributed by atoms with Crippen LogP contribution in [0.25, 0.3) is 11.1 Å². The van der Waals surface area contributed by atoms with Gasteiger partial charge in [0.15, 0.2) is 0 Å². The minimum atomic E-state index is -2.64. The summed E-state index contributed by atoms with van der Waals surface area (Å²) in [6, 6.07) is 21.4. The third-order valence-corrected chi connectivity index (χ3v) is 3.95. The molecule has 0 unspecified atom stereocenters. The molecule has 0 aliphatic rings. The van der Waals surface area contributed by atoms with Gasteiger partial charge >= 0.3 is 0 Å². The SMILES string of the molecule is OCc1ccc(-c2ccccc2OCc2ccccc2)c(C(F)F)c1. The summed E-state index contributed by atoms with van der Waals surface area (Å²) in [7, 11) is 0. The zero-order valence-electron chi connectivity index (χ0n) is 13.5. The van der Waals surface area contributed by atoms with Crippen molar-refractivity contribution in [1.82, 2.24) is 0 Å². The first kappa shape index (κ1) is 17.1. The second kappa shape index (κ2) is 7.90. The smallest absolute Gasteiger partial charge is 0.264 e. The Bertz CT molecular complexity index is 832. The molecule has 0 aliphatic carbocycles. The van der Waals surface area contributed by atoms with Crippen molar-refractivity contribution >= 4 is 0 Å². The van der Waals surface area contributed by atoms with Crippen LogP contribution in [-0.2, 0) is 13.2 Å². The van der Waals surface area contributed by atoms with E-state index in [1.165, 1.54) is 6.07 Å². The van der Waals surface area contributed by atoms with Gasteiger partial charge in [0.25, 0.3) is 6.43 Å². The molecule has 0 fully saturated rings. The van der Waals surface area contributed by atoms with E-state index in [2.05, 4.69) is 0 Å². The van der Waals surface area contributed by atoms with Gasteiger partial charge in [-0.15, -0.1) is 0 Å². The van der Waals surface area contributed by atoms with Crippen molar-refractivity contribution in [3.63, 3.8) is 0 Å². The third kappa shape index (κ3) is 4.03. The maximum Gasteiger partial charge on any atom is 0.264 e. The van der Waals surface area contributed by atoms with Gasteiger partial charge in [0.05, 0.1) is 6.61 Å². The molecule has 0 bridgehead atoms. The van der Waals surface area contributed by atoms with Crippen molar-refractivity contribution in [2.45, 2.75) is 19.6 Å². The summed E-state index contributed by atoms with van der Waals surface area (Å²) in [6.07, 6.45) is -2.64. The lowest BCUT2D eigenvalue weighted by Crippen LogP contribution is -1.99. The Hall–Kier alpha value is -2.72. The van der Waals surface area contributed by atoms with E-state index in [1.54, 1.807) is 30.3 Å².